The van der Waals surface area contributed by atoms with Crippen molar-refractivity contribution in [1.29, 1.82) is 0 Å². The first-order valence-corrected chi connectivity index (χ1v) is 11.3. The van der Waals surface area contributed by atoms with Crippen LogP contribution in [0.3, 0.4) is 0 Å². The number of aromatic nitrogens is 1. The quantitative estimate of drug-likeness (QED) is 0.561. The second-order valence-electron chi connectivity index (χ2n) is 9.00. The highest BCUT2D eigenvalue weighted by Crippen LogP contribution is 2.33. The first kappa shape index (κ1) is 21.4. The highest BCUT2D eigenvalue weighted by atomic mass is 19.1. The Morgan fingerprint density at radius 2 is 2.12 bits per heavy atom. The molecule has 1 aromatic carbocycles. The van der Waals surface area contributed by atoms with Crippen molar-refractivity contribution in [3.63, 3.8) is 0 Å². The summed E-state index contributed by atoms with van der Waals surface area (Å²) in [6.07, 6.45) is 9.63. The molecule has 0 unspecified atom stereocenters. The zero-order valence-electron chi connectivity index (χ0n) is 18.9. The number of rotatable bonds is 8. The fraction of sp³-hybridized carbons (Fsp3) is 0.346. The van der Waals surface area contributed by atoms with Crippen LogP contribution >= 0.6 is 0 Å². The van der Waals surface area contributed by atoms with Crippen LogP contribution in [0.1, 0.15) is 36.2 Å². The van der Waals surface area contributed by atoms with Gasteiger partial charge in [-0.05, 0) is 55.0 Å². The van der Waals surface area contributed by atoms with Crippen LogP contribution in [0.5, 0.6) is 0 Å². The second kappa shape index (κ2) is 8.81. The summed E-state index contributed by atoms with van der Waals surface area (Å²) in [5.74, 6) is 0.650. The number of amides is 1. The summed E-state index contributed by atoms with van der Waals surface area (Å²) in [4.78, 5) is 26.2. The Morgan fingerprint density at radius 1 is 1.27 bits per heavy atom. The molecular weight excluding hydrogens is 419 g/mol. The lowest BCUT2D eigenvalue weighted by molar-refractivity contribution is 0.0745. The van der Waals surface area contributed by atoms with Crippen LogP contribution in [0.25, 0.3) is 11.3 Å². The maximum absolute atomic E-state index is 13.8. The molecule has 170 valence electrons. The van der Waals surface area contributed by atoms with Crippen molar-refractivity contribution in [3.8, 4) is 11.3 Å². The smallest absolute Gasteiger partial charge is 0.276 e. The van der Waals surface area contributed by atoms with Crippen LogP contribution in [0.15, 0.2) is 75.4 Å². The largest absolute Gasteiger partial charge is 0.443 e. The summed E-state index contributed by atoms with van der Waals surface area (Å²) < 4.78 is 19.5. The third-order valence-electron chi connectivity index (χ3n) is 6.31. The molecular formula is C26H27FN4O2. The number of fused-ring (bicyclic) bond motifs is 1. The fourth-order valence-corrected chi connectivity index (χ4v) is 4.23. The number of carbonyl (C=O) groups excluding carboxylic acids is 1. The number of anilines is 1. The molecule has 0 radical (unpaired) electrons. The first-order chi connectivity index (χ1) is 16.0. The maximum Gasteiger partial charge on any atom is 0.276 e. The minimum absolute atomic E-state index is 0.135. The van der Waals surface area contributed by atoms with Gasteiger partial charge in [0.2, 0.25) is 0 Å². The highest BCUT2D eigenvalue weighted by molar-refractivity contribution is 6.08. The molecule has 0 N–H and O–H groups in total. The van der Waals surface area contributed by atoms with Crippen molar-refractivity contribution in [1.82, 2.24) is 9.88 Å². The van der Waals surface area contributed by atoms with Crippen LogP contribution < -0.4 is 4.90 Å². The number of halogens is 1. The van der Waals surface area contributed by atoms with Gasteiger partial charge in [0.1, 0.15) is 5.83 Å². The van der Waals surface area contributed by atoms with Gasteiger partial charge in [-0.1, -0.05) is 12.1 Å². The van der Waals surface area contributed by atoms with Crippen molar-refractivity contribution in [2.75, 3.05) is 32.1 Å². The van der Waals surface area contributed by atoms with Crippen LogP contribution in [0.4, 0.5) is 10.1 Å². The Morgan fingerprint density at radius 3 is 2.91 bits per heavy atom. The normalized spacial score (nSPS) is 17.1. The van der Waals surface area contributed by atoms with E-state index in [1.807, 2.05) is 54.4 Å². The molecule has 2 aliphatic carbocycles. The average Bonchev–Trinajstić information content (AvgIpc) is 3.34. The molecule has 1 amide bonds. The van der Waals surface area contributed by atoms with Gasteiger partial charge in [-0.2, -0.15) is 0 Å². The number of aliphatic imine (C=N–C) groups is 1. The molecule has 1 saturated carbocycles. The van der Waals surface area contributed by atoms with Crippen molar-refractivity contribution in [2.45, 2.75) is 25.7 Å². The Bertz CT molecular complexity index is 1200. The van der Waals surface area contributed by atoms with Crippen LogP contribution in [0, 0.1) is 5.92 Å². The van der Waals surface area contributed by atoms with Gasteiger partial charge in [-0.25, -0.2) is 9.37 Å². The number of benzene rings is 1. The predicted molar refractivity (Wildman–Crippen MR) is 127 cm³/mol. The number of hydrogen-bond donors (Lipinski definition) is 0. The summed E-state index contributed by atoms with van der Waals surface area (Å²) >= 11 is 0. The lowest BCUT2D eigenvalue weighted by Crippen LogP contribution is -2.34. The number of hydrogen-bond acceptors (Lipinski definition) is 5. The molecule has 2 heterocycles. The zero-order valence-corrected chi connectivity index (χ0v) is 18.9. The van der Waals surface area contributed by atoms with Crippen LogP contribution in [-0.4, -0.2) is 48.7 Å². The SMILES string of the molecule is CN(C)c1cccc(-c2ocnc2C(=O)N(CCC2=CN=C3CC=C(F)C=C23)CC2CC2)c1. The third-order valence-corrected chi connectivity index (χ3v) is 6.31. The van der Waals surface area contributed by atoms with E-state index in [1.165, 1.54) is 6.39 Å². The lowest BCUT2D eigenvalue weighted by atomic mass is 9.95. The Kier molecular flexibility index (Phi) is 5.70. The number of allylic oxidation sites excluding steroid dienone is 4. The van der Waals surface area contributed by atoms with Gasteiger partial charge in [-0.3, -0.25) is 9.79 Å². The van der Waals surface area contributed by atoms with E-state index in [0.717, 1.165) is 41.0 Å². The number of oxazole rings is 1. The van der Waals surface area contributed by atoms with E-state index in [-0.39, 0.29) is 11.7 Å². The van der Waals surface area contributed by atoms with E-state index < -0.39 is 0 Å². The van der Waals surface area contributed by atoms with Crippen molar-refractivity contribution in [2.24, 2.45) is 10.9 Å². The van der Waals surface area contributed by atoms with E-state index in [0.29, 0.717) is 43.3 Å². The summed E-state index contributed by atoms with van der Waals surface area (Å²) in [5, 5.41) is 0. The van der Waals surface area contributed by atoms with E-state index in [1.54, 1.807) is 12.2 Å². The molecule has 7 heteroatoms. The van der Waals surface area contributed by atoms with E-state index in [9.17, 15) is 9.18 Å². The molecule has 1 fully saturated rings. The lowest BCUT2D eigenvalue weighted by Gasteiger charge is -2.23. The molecule has 0 atom stereocenters. The molecule has 0 bridgehead atoms. The van der Waals surface area contributed by atoms with Gasteiger partial charge in [-0.15, -0.1) is 0 Å². The monoisotopic (exact) mass is 446 g/mol. The third kappa shape index (κ3) is 4.53. The topological polar surface area (TPSA) is 61.9 Å². The first-order valence-electron chi connectivity index (χ1n) is 11.3. The predicted octanol–water partition coefficient (Wildman–Crippen LogP) is 5.17. The Balaban J connectivity index is 1.35. The molecule has 6 nitrogen and oxygen atoms in total. The van der Waals surface area contributed by atoms with Gasteiger partial charge in [0, 0.05) is 56.6 Å². The van der Waals surface area contributed by atoms with E-state index in [4.69, 9.17) is 4.42 Å². The van der Waals surface area contributed by atoms with Crippen molar-refractivity contribution >= 4 is 17.3 Å². The van der Waals surface area contributed by atoms with E-state index in [2.05, 4.69) is 9.98 Å². The Labute approximate surface area is 192 Å². The molecule has 0 spiro atoms. The van der Waals surface area contributed by atoms with Crippen LogP contribution in [-0.2, 0) is 0 Å². The van der Waals surface area contributed by atoms with E-state index >= 15 is 0 Å². The Hall–Kier alpha value is -3.48. The zero-order chi connectivity index (χ0) is 22.9. The van der Waals surface area contributed by atoms with Gasteiger partial charge in [0.15, 0.2) is 17.8 Å². The summed E-state index contributed by atoms with van der Waals surface area (Å²) in [7, 11) is 3.94. The van der Waals surface area contributed by atoms with Gasteiger partial charge >= 0.3 is 0 Å². The van der Waals surface area contributed by atoms with Crippen LogP contribution in [0.2, 0.25) is 0 Å². The fourth-order valence-electron chi connectivity index (χ4n) is 4.23. The van der Waals surface area contributed by atoms with Crippen molar-refractivity contribution in [3.05, 3.63) is 71.7 Å². The maximum atomic E-state index is 13.8. The van der Waals surface area contributed by atoms with Gasteiger partial charge in [0.25, 0.3) is 5.91 Å². The molecule has 1 aliphatic heterocycles. The standard InChI is InChI=1S/C26H27FN4O2/c1-30(2)21-5-3-4-18(12-21)25-24(29-16-33-25)26(32)31(15-17-6-7-17)11-10-19-14-28-23-9-8-20(27)13-22(19)23/h3-5,8,12-14,16-17H,6-7,9-11,15H2,1-2H3. The number of nitrogens with zero attached hydrogens (tertiary/aromatic N) is 4. The minimum atomic E-state index is -0.227. The molecule has 1 aromatic heterocycles. The average molecular weight is 447 g/mol. The molecule has 5 rings (SSSR count). The summed E-state index contributed by atoms with van der Waals surface area (Å²) in [6.45, 7) is 1.22. The van der Waals surface area contributed by atoms with Gasteiger partial charge in [0.05, 0.1) is 5.71 Å². The molecule has 2 aromatic rings. The highest BCUT2D eigenvalue weighted by Gasteiger charge is 2.31. The van der Waals surface area contributed by atoms with Gasteiger partial charge < -0.3 is 14.2 Å². The summed E-state index contributed by atoms with van der Waals surface area (Å²) in [5.41, 5.74) is 4.89. The molecule has 0 saturated heterocycles. The second-order valence-corrected chi connectivity index (χ2v) is 9.00. The number of carbonyl (C=O) groups is 1. The minimum Gasteiger partial charge on any atom is -0.443 e. The summed E-state index contributed by atoms with van der Waals surface area (Å²) in [6, 6.07) is 7.86. The molecule has 33 heavy (non-hydrogen) atoms. The van der Waals surface area contributed by atoms with Crippen molar-refractivity contribution < 1.29 is 13.6 Å². The molecule has 3 aliphatic rings.